The Morgan fingerprint density at radius 1 is 1.23 bits per heavy atom. The van der Waals surface area contributed by atoms with Crippen molar-refractivity contribution in [1.29, 1.82) is 0 Å². The fraction of sp³-hybridized carbons (Fsp3) is 0.222. The molecule has 0 fully saturated rings. The molecule has 0 spiro atoms. The van der Waals surface area contributed by atoms with E-state index in [1.807, 2.05) is 18.2 Å². The lowest BCUT2D eigenvalue weighted by atomic mass is 10.1. The molecule has 2 aromatic carbocycles. The first-order valence-corrected chi connectivity index (χ1v) is 9.83. The van der Waals surface area contributed by atoms with E-state index in [0.29, 0.717) is 17.0 Å². The van der Waals surface area contributed by atoms with Crippen LogP contribution in [-0.4, -0.2) is 29.2 Å². The number of hydrogen-bond acceptors (Lipinski definition) is 5. The molecule has 0 radical (unpaired) electrons. The minimum absolute atomic E-state index is 0.0460. The highest BCUT2D eigenvalue weighted by atomic mass is 32.2. The Morgan fingerprint density at radius 2 is 2.00 bits per heavy atom. The summed E-state index contributed by atoms with van der Waals surface area (Å²) >= 11 is 3.36. The number of aliphatic imine (C=N–C) groups is 1. The van der Waals surface area contributed by atoms with Crippen molar-refractivity contribution < 1.29 is 18.3 Å². The Balaban J connectivity index is 1.65. The number of carbonyl (C=O) groups excluding carboxylic acids is 1. The third-order valence-electron chi connectivity index (χ3n) is 3.51. The standard InChI is InChI=1S/C18H16F2N2O2S2/c19-17(20)24-14-7-5-13(6-8-14)22-16(23)15-4-2-1-3-12(15)11-26-18-21-9-10-25-18/h1-8,17H,9-11H2,(H,22,23). The Kier molecular flexibility index (Phi) is 6.51. The molecule has 0 saturated carbocycles. The van der Waals surface area contributed by atoms with Crippen LogP contribution in [0.15, 0.2) is 53.5 Å². The third kappa shape index (κ3) is 5.22. The van der Waals surface area contributed by atoms with Crippen LogP contribution in [0.3, 0.4) is 0 Å². The van der Waals surface area contributed by atoms with Crippen molar-refractivity contribution in [2.45, 2.75) is 12.4 Å². The average Bonchev–Trinajstić information content (AvgIpc) is 3.15. The van der Waals surface area contributed by atoms with Gasteiger partial charge in [-0.15, -0.1) is 0 Å². The van der Waals surface area contributed by atoms with E-state index in [2.05, 4.69) is 15.0 Å². The molecule has 1 amide bonds. The highest BCUT2D eigenvalue weighted by Gasteiger charge is 2.14. The molecule has 1 aliphatic heterocycles. The van der Waals surface area contributed by atoms with Gasteiger partial charge in [-0.1, -0.05) is 41.7 Å². The van der Waals surface area contributed by atoms with Gasteiger partial charge >= 0.3 is 6.61 Å². The number of carbonyl (C=O) groups is 1. The molecule has 1 heterocycles. The van der Waals surface area contributed by atoms with Crippen LogP contribution < -0.4 is 10.1 Å². The molecular formula is C18H16F2N2O2S2. The molecular weight excluding hydrogens is 378 g/mol. The zero-order valence-electron chi connectivity index (χ0n) is 13.7. The zero-order chi connectivity index (χ0) is 18.4. The smallest absolute Gasteiger partial charge is 0.387 e. The fourth-order valence-corrected chi connectivity index (χ4v) is 4.34. The van der Waals surface area contributed by atoms with Gasteiger partial charge in [0.05, 0.1) is 6.54 Å². The highest BCUT2D eigenvalue weighted by Crippen LogP contribution is 2.27. The van der Waals surface area contributed by atoms with Crippen LogP contribution >= 0.6 is 23.5 Å². The second kappa shape index (κ2) is 9.05. The molecule has 0 aromatic heterocycles. The predicted octanol–water partition coefficient (Wildman–Crippen LogP) is 4.88. The van der Waals surface area contributed by atoms with Gasteiger partial charge in [0.15, 0.2) is 0 Å². The number of ether oxygens (including phenoxy) is 1. The first-order chi connectivity index (χ1) is 12.6. The van der Waals surface area contributed by atoms with Crippen molar-refractivity contribution in [1.82, 2.24) is 0 Å². The van der Waals surface area contributed by atoms with Gasteiger partial charge in [0.1, 0.15) is 10.1 Å². The quantitative estimate of drug-likeness (QED) is 0.759. The van der Waals surface area contributed by atoms with Crippen molar-refractivity contribution in [3.05, 3.63) is 59.7 Å². The number of alkyl halides is 2. The number of nitrogens with one attached hydrogen (secondary N) is 1. The molecule has 0 bridgehead atoms. The summed E-state index contributed by atoms with van der Waals surface area (Å²) in [6, 6.07) is 13.2. The molecule has 8 heteroatoms. The number of nitrogens with zero attached hydrogens (tertiary/aromatic N) is 1. The summed E-state index contributed by atoms with van der Waals surface area (Å²) in [7, 11) is 0. The number of rotatable bonds is 6. The third-order valence-corrected chi connectivity index (χ3v) is 5.81. The number of anilines is 1. The minimum atomic E-state index is -2.87. The lowest BCUT2D eigenvalue weighted by Gasteiger charge is -2.11. The molecule has 1 N–H and O–H groups in total. The van der Waals surface area contributed by atoms with Crippen LogP contribution in [0.2, 0.25) is 0 Å². The van der Waals surface area contributed by atoms with Gasteiger partial charge in [-0.2, -0.15) is 8.78 Å². The van der Waals surface area contributed by atoms with Gasteiger partial charge in [0.25, 0.3) is 5.91 Å². The van der Waals surface area contributed by atoms with Crippen molar-refractivity contribution in [3.63, 3.8) is 0 Å². The molecule has 0 atom stereocenters. The van der Waals surface area contributed by atoms with Crippen LogP contribution in [0.4, 0.5) is 14.5 Å². The van der Waals surface area contributed by atoms with E-state index < -0.39 is 6.61 Å². The van der Waals surface area contributed by atoms with E-state index in [-0.39, 0.29) is 11.7 Å². The van der Waals surface area contributed by atoms with E-state index in [1.54, 1.807) is 29.6 Å². The largest absolute Gasteiger partial charge is 0.435 e. The Labute approximate surface area is 158 Å². The van der Waals surface area contributed by atoms with Crippen LogP contribution in [0, 0.1) is 0 Å². The van der Waals surface area contributed by atoms with Crippen molar-refractivity contribution >= 4 is 39.5 Å². The number of hydrogen-bond donors (Lipinski definition) is 1. The Hall–Kier alpha value is -2.06. The van der Waals surface area contributed by atoms with Gasteiger partial charge in [0.2, 0.25) is 0 Å². The van der Waals surface area contributed by atoms with E-state index >= 15 is 0 Å². The van der Waals surface area contributed by atoms with Crippen LogP contribution in [0.25, 0.3) is 0 Å². The summed E-state index contributed by atoms with van der Waals surface area (Å²) in [6.45, 7) is -2.03. The zero-order valence-corrected chi connectivity index (χ0v) is 15.3. The van der Waals surface area contributed by atoms with Crippen molar-refractivity contribution in [3.8, 4) is 5.75 Å². The second-order valence-electron chi connectivity index (χ2n) is 5.30. The molecule has 4 nitrogen and oxygen atoms in total. The molecule has 0 saturated heterocycles. The summed E-state index contributed by atoms with van der Waals surface area (Å²) in [4.78, 5) is 17.0. The number of thioether (sulfide) groups is 2. The maximum atomic E-state index is 12.6. The summed E-state index contributed by atoms with van der Waals surface area (Å²) in [5.41, 5.74) is 2.01. The summed E-state index contributed by atoms with van der Waals surface area (Å²) in [5.74, 6) is 1.47. The molecule has 26 heavy (non-hydrogen) atoms. The topological polar surface area (TPSA) is 50.7 Å². The first kappa shape index (κ1) is 18.7. The lowest BCUT2D eigenvalue weighted by molar-refractivity contribution is -0.0498. The van der Waals surface area contributed by atoms with Gasteiger partial charge in [0, 0.05) is 22.8 Å². The summed E-state index contributed by atoms with van der Waals surface area (Å²) < 4.78 is 29.7. The maximum Gasteiger partial charge on any atom is 0.387 e. The van der Waals surface area contributed by atoms with Crippen molar-refractivity contribution in [2.75, 3.05) is 17.6 Å². The lowest BCUT2D eigenvalue weighted by Crippen LogP contribution is -2.14. The monoisotopic (exact) mass is 394 g/mol. The molecule has 3 rings (SSSR count). The molecule has 1 aliphatic rings. The normalized spacial score (nSPS) is 13.6. The number of halogens is 2. The van der Waals surface area contributed by atoms with Gasteiger partial charge < -0.3 is 10.1 Å². The van der Waals surface area contributed by atoms with Crippen LogP contribution in [-0.2, 0) is 5.75 Å². The molecule has 136 valence electrons. The van der Waals surface area contributed by atoms with Gasteiger partial charge in [-0.25, -0.2) is 0 Å². The second-order valence-corrected chi connectivity index (χ2v) is 7.61. The predicted molar refractivity (Wildman–Crippen MR) is 104 cm³/mol. The van der Waals surface area contributed by atoms with E-state index in [0.717, 1.165) is 22.2 Å². The number of amides is 1. The Bertz CT molecular complexity index is 798. The summed E-state index contributed by atoms with van der Waals surface area (Å²) in [6.07, 6.45) is 0. The van der Waals surface area contributed by atoms with Crippen LogP contribution in [0.1, 0.15) is 15.9 Å². The van der Waals surface area contributed by atoms with E-state index in [4.69, 9.17) is 0 Å². The minimum Gasteiger partial charge on any atom is -0.435 e. The molecule has 0 aliphatic carbocycles. The SMILES string of the molecule is O=C(Nc1ccc(OC(F)F)cc1)c1ccccc1CSC1=NCCS1. The van der Waals surface area contributed by atoms with E-state index in [1.165, 1.54) is 24.3 Å². The maximum absolute atomic E-state index is 12.6. The average molecular weight is 394 g/mol. The fourth-order valence-electron chi connectivity index (χ4n) is 2.33. The highest BCUT2D eigenvalue weighted by molar-refractivity contribution is 8.38. The van der Waals surface area contributed by atoms with Crippen molar-refractivity contribution in [2.24, 2.45) is 4.99 Å². The number of benzene rings is 2. The van der Waals surface area contributed by atoms with Gasteiger partial charge in [-0.3, -0.25) is 9.79 Å². The molecule has 2 aromatic rings. The van der Waals surface area contributed by atoms with E-state index in [9.17, 15) is 13.6 Å². The molecule has 0 unspecified atom stereocenters. The summed E-state index contributed by atoms with van der Waals surface area (Å²) in [5, 5.41) is 2.78. The Morgan fingerprint density at radius 3 is 2.69 bits per heavy atom. The van der Waals surface area contributed by atoms with Gasteiger partial charge in [-0.05, 0) is 35.9 Å². The van der Waals surface area contributed by atoms with Crippen LogP contribution in [0.5, 0.6) is 5.75 Å². The first-order valence-electron chi connectivity index (χ1n) is 7.86.